The highest BCUT2D eigenvalue weighted by atomic mass is 79.9. The lowest BCUT2D eigenvalue weighted by molar-refractivity contribution is -0.763. The van der Waals surface area contributed by atoms with E-state index in [9.17, 15) is 19.7 Å². The monoisotopic (exact) mass is 532 g/mol. The van der Waals surface area contributed by atoms with Gasteiger partial charge in [0.05, 0.1) is 22.2 Å². The van der Waals surface area contributed by atoms with Gasteiger partial charge in [-0.15, -0.1) is 0 Å². The summed E-state index contributed by atoms with van der Waals surface area (Å²) in [7, 11) is 0. The molecule has 11 nitrogen and oxygen atoms in total. The molecule has 0 radical (unpaired) electrons. The third-order valence-corrected chi connectivity index (χ3v) is 6.41. The molecule has 0 saturated carbocycles. The van der Waals surface area contributed by atoms with E-state index in [-0.39, 0.29) is 35.4 Å². The van der Waals surface area contributed by atoms with E-state index in [1.165, 1.54) is 40.4 Å². The van der Waals surface area contributed by atoms with Gasteiger partial charge < -0.3 is 9.47 Å². The predicted octanol–water partition coefficient (Wildman–Crippen LogP) is 2.76. The van der Waals surface area contributed by atoms with Gasteiger partial charge >= 0.3 is 11.3 Å². The van der Waals surface area contributed by atoms with Gasteiger partial charge in [0, 0.05) is 22.6 Å². The minimum Gasteiger partial charge on any atom is -0.454 e. The van der Waals surface area contributed by atoms with Crippen molar-refractivity contribution in [1.29, 1.82) is 0 Å². The minimum atomic E-state index is -1.12. The summed E-state index contributed by atoms with van der Waals surface area (Å²) in [6.45, 7) is 1.28. The molecule has 33 heavy (non-hydrogen) atoms. The molecule has 2 aliphatic rings. The maximum absolute atomic E-state index is 13.1. The van der Waals surface area contributed by atoms with Crippen LogP contribution in [0, 0.1) is 10.1 Å². The summed E-state index contributed by atoms with van der Waals surface area (Å²) in [5, 5.41) is 16.8. The molecule has 0 fully saturated rings. The lowest BCUT2D eigenvalue weighted by atomic mass is 10.00. The smallest absolute Gasteiger partial charge is 0.325 e. The molecular formula is C20H15BrN5O6S+. The largest absolute Gasteiger partial charge is 0.454 e. The lowest BCUT2D eigenvalue weighted by Crippen LogP contribution is -2.60. The van der Waals surface area contributed by atoms with E-state index >= 15 is 0 Å². The number of aromatic nitrogens is 3. The second kappa shape index (κ2) is 7.85. The number of anilines is 1. The molecule has 1 amide bonds. The van der Waals surface area contributed by atoms with Crippen molar-refractivity contribution in [3.8, 4) is 22.8 Å². The van der Waals surface area contributed by atoms with Crippen LogP contribution >= 0.6 is 27.7 Å². The molecule has 1 aromatic heterocycles. The highest BCUT2D eigenvalue weighted by molar-refractivity contribution is 9.10. The summed E-state index contributed by atoms with van der Waals surface area (Å²) in [5.41, 5.74) is 0.447. The SMILES string of the molecule is CSc1n[n+]2c(c(=O)[nH]1)-c1cc(Br)ccc1N(C(C)=O)C2c1cc2c(cc1[N+](=O)[O-])OCO2. The van der Waals surface area contributed by atoms with Crippen LogP contribution in [-0.4, -0.2) is 34.0 Å². The Kier molecular flexibility index (Phi) is 5.09. The number of rotatable bonds is 3. The maximum Gasteiger partial charge on any atom is 0.325 e. The number of carbonyl (C=O) groups excluding carboxylic acids is 1. The number of nitrogens with one attached hydrogen (secondary N) is 1. The number of H-pyrrole nitrogens is 1. The molecule has 1 atom stereocenters. The van der Waals surface area contributed by atoms with E-state index in [4.69, 9.17) is 9.47 Å². The quantitative estimate of drug-likeness (QED) is 0.235. The third-order valence-electron chi connectivity index (χ3n) is 5.34. The van der Waals surface area contributed by atoms with Crippen LogP contribution in [0.4, 0.5) is 11.4 Å². The van der Waals surface area contributed by atoms with E-state index in [1.54, 1.807) is 24.5 Å². The number of amides is 1. The van der Waals surface area contributed by atoms with Crippen LogP contribution in [0.5, 0.6) is 11.5 Å². The number of nitro groups is 1. The van der Waals surface area contributed by atoms with Gasteiger partial charge in [-0.3, -0.25) is 24.7 Å². The average molecular weight is 533 g/mol. The van der Waals surface area contributed by atoms with Gasteiger partial charge in [0.1, 0.15) is 5.56 Å². The molecule has 0 bridgehead atoms. The molecule has 0 saturated heterocycles. The molecule has 1 unspecified atom stereocenters. The van der Waals surface area contributed by atoms with E-state index in [0.717, 1.165) is 0 Å². The van der Waals surface area contributed by atoms with Crippen molar-refractivity contribution >= 4 is 45.0 Å². The molecule has 5 rings (SSSR count). The minimum absolute atomic E-state index is 0.0772. The first-order valence-corrected chi connectivity index (χ1v) is 11.6. The molecule has 3 aromatic rings. The Labute approximate surface area is 198 Å². The predicted molar refractivity (Wildman–Crippen MR) is 120 cm³/mol. The number of carbonyl (C=O) groups is 1. The topological polar surface area (TPSA) is 132 Å². The summed E-state index contributed by atoms with van der Waals surface area (Å²) in [4.78, 5) is 41.7. The normalized spacial score (nSPS) is 15.7. The molecule has 0 aliphatic carbocycles. The summed E-state index contributed by atoms with van der Waals surface area (Å²) in [5.74, 6) is 0.146. The lowest BCUT2D eigenvalue weighted by Gasteiger charge is -2.31. The van der Waals surface area contributed by atoms with Crippen LogP contribution in [-0.2, 0) is 4.79 Å². The van der Waals surface area contributed by atoms with Crippen molar-refractivity contribution in [3.63, 3.8) is 0 Å². The highest BCUT2D eigenvalue weighted by Crippen LogP contribution is 2.45. The Morgan fingerprint density at radius 1 is 1.33 bits per heavy atom. The number of ether oxygens (including phenoxy) is 2. The van der Waals surface area contributed by atoms with Gasteiger partial charge in [0.25, 0.3) is 11.9 Å². The third kappa shape index (κ3) is 3.35. The fourth-order valence-electron chi connectivity index (χ4n) is 4.02. The number of nitro benzene ring substituents is 1. The van der Waals surface area contributed by atoms with Gasteiger partial charge in [-0.25, -0.2) is 4.90 Å². The maximum atomic E-state index is 13.1. The summed E-state index contributed by atoms with van der Waals surface area (Å²) in [6, 6.07) is 7.84. The Balaban J connectivity index is 1.90. The van der Waals surface area contributed by atoms with E-state index < -0.39 is 16.6 Å². The molecule has 3 heterocycles. The number of hydrogen-bond acceptors (Lipinski definition) is 8. The first kappa shape index (κ1) is 21.4. The average Bonchev–Trinajstić information content (AvgIpc) is 3.24. The molecule has 1 N–H and O–H groups in total. The molecule has 2 aliphatic heterocycles. The Hall–Kier alpha value is -3.45. The number of aromatic amines is 1. The zero-order valence-corrected chi connectivity index (χ0v) is 19.6. The van der Waals surface area contributed by atoms with Crippen molar-refractivity contribution in [2.45, 2.75) is 18.2 Å². The van der Waals surface area contributed by atoms with Crippen LogP contribution in [0.1, 0.15) is 18.7 Å². The van der Waals surface area contributed by atoms with Crippen LogP contribution in [0.25, 0.3) is 11.3 Å². The standard InChI is InChI=1S/C20H14BrN5O6S/c1-9(27)24-13-4-3-10(21)5-11(13)17-18(28)22-20(33-2)23-25(17)19(24)12-6-15-16(32-8-31-15)7-14(12)26(29)30/h3-7,19H,8H2,1-2H3/p+1. The number of nitrogens with zero attached hydrogens (tertiary/aromatic N) is 4. The van der Waals surface area contributed by atoms with Crippen LogP contribution in [0.3, 0.4) is 0 Å². The van der Waals surface area contributed by atoms with Gasteiger partial charge in [-0.1, -0.05) is 27.7 Å². The van der Waals surface area contributed by atoms with E-state index in [1.807, 2.05) is 0 Å². The Morgan fingerprint density at radius 2 is 2.06 bits per heavy atom. The molecule has 0 spiro atoms. The fraction of sp³-hybridized carbons (Fsp3) is 0.200. The van der Waals surface area contributed by atoms with Crippen molar-refractivity contribution in [3.05, 3.63) is 60.8 Å². The Morgan fingerprint density at radius 3 is 2.73 bits per heavy atom. The Bertz CT molecular complexity index is 1410. The first-order valence-electron chi connectivity index (χ1n) is 9.58. The van der Waals surface area contributed by atoms with Gasteiger partial charge in [0.15, 0.2) is 11.5 Å². The number of fused-ring (bicyclic) bond motifs is 4. The highest BCUT2D eigenvalue weighted by Gasteiger charge is 2.48. The fourth-order valence-corrected chi connectivity index (χ4v) is 4.75. The molecule has 168 valence electrons. The van der Waals surface area contributed by atoms with Gasteiger partial charge in [0.2, 0.25) is 17.9 Å². The first-order chi connectivity index (χ1) is 15.8. The number of thioether (sulfide) groups is 1. The second-order valence-corrected chi connectivity index (χ2v) is 8.91. The van der Waals surface area contributed by atoms with Crippen molar-refractivity contribution in [2.75, 3.05) is 17.9 Å². The van der Waals surface area contributed by atoms with Gasteiger partial charge in [-0.05, 0) is 29.1 Å². The molecular weight excluding hydrogens is 518 g/mol. The van der Waals surface area contributed by atoms with Crippen molar-refractivity contribution in [2.24, 2.45) is 0 Å². The van der Waals surface area contributed by atoms with Gasteiger partial charge in [-0.2, -0.15) is 0 Å². The second-order valence-electron chi connectivity index (χ2n) is 7.20. The summed E-state index contributed by atoms with van der Waals surface area (Å²) >= 11 is 4.61. The van der Waals surface area contributed by atoms with Crippen LogP contribution in [0.2, 0.25) is 0 Å². The molecule has 2 aromatic carbocycles. The van der Waals surface area contributed by atoms with Crippen molar-refractivity contribution < 1.29 is 23.9 Å². The van der Waals surface area contributed by atoms with Crippen LogP contribution in [0.15, 0.2) is 44.8 Å². The van der Waals surface area contributed by atoms with E-state index in [2.05, 4.69) is 26.0 Å². The zero-order valence-electron chi connectivity index (χ0n) is 17.2. The number of hydrogen-bond donors (Lipinski definition) is 1. The summed E-state index contributed by atoms with van der Waals surface area (Å²) in [6.07, 6.45) is 0.619. The zero-order chi connectivity index (χ0) is 23.4. The van der Waals surface area contributed by atoms with E-state index in [0.29, 0.717) is 26.6 Å². The molecule has 13 heteroatoms. The number of benzene rings is 2. The van der Waals surface area contributed by atoms with Crippen molar-refractivity contribution in [1.82, 2.24) is 10.1 Å². The number of halogens is 1. The van der Waals surface area contributed by atoms with Crippen LogP contribution < -0.4 is 24.6 Å². The summed E-state index contributed by atoms with van der Waals surface area (Å²) < 4.78 is 12.8.